The zero-order valence-electron chi connectivity index (χ0n) is 25.5. The molecule has 11 heteroatoms. The summed E-state index contributed by atoms with van der Waals surface area (Å²) in [6.07, 6.45) is -5.07. The molecule has 4 atom stereocenters. The van der Waals surface area contributed by atoms with Crippen molar-refractivity contribution in [1.82, 2.24) is 10.2 Å². The summed E-state index contributed by atoms with van der Waals surface area (Å²) in [5.41, 5.74) is 2.24. The maximum Gasteiger partial charge on any atom is 0.416 e. The number of hydrogen-bond acceptors (Lipinski definition) is 5. The fraction of sp³-hybridized carbons (Fsp3) is 0.441. The van der Waals surface area contributed by atoms with Crippen LogP contribution in [0.5, 0.6) is 11.5 Å². The van der Waals surface area contributed by atoms with E-state index >= 15 is 0 Å². The summed E-state index contributed by atoms with van der Waals surface area (Å²) in [7, 11) is 0. The van der Waals surface area contributed by atoms with Crippen LogP contribution in [0.1, 0.15) is 43.0 Å². The van der Waals surface area contributed by atoms with E-state index in [1.807, 2.05) is 48.5 Å². The van der Waals surface area contributed by atoms with Gasteiger partial charge in [0.05, 0.1) is 5.56 Å². The average molecular weight is 670 g/mol. The Balaban J connectivity index is 0.00000276. The number of nitrogens with zero attached hydrogens (tertiary/aromatic N) is 1. The number of alkyl halides is 3. The number of likely N-dealkylation sites (tertiary alicyclic amines) is 1. The summed E-state index contributed by atoms with van der Waals surface area (Å²) in [6, 6.07) is 20.8. The molecule has 0 amide bonds. The molecule has 0 radical (unpaired) electrons. The molecule has 0 aromatic heterocycles. The van der Waals surface area contributed by atoms with Crippen LogP contribution in [0.3, 0.4) is 0 Å². The van der Waals surface area contributed by atoms with Crippen LogP contribution in [0, 0.1) is 11.8 Å². The van der Waals surface area contributed by atoms with Gasteiger partial charge in [-0.2, -0.15) is 13.2 Å². The van der Waals surface area contributed by atoms with Crippen LogP contribution in [0.15, 0.2) is 72.8 Å². The molecule has 2 fully saturated rings. The third-order valence-corrected chi connectivity index (χ3v) is 8.39. The van der Waals surface area contributed by atoms with Gasteiger partial charge in [-0.3, -0.25) is 4.90 Å². The molecule has 1 unspecified atom stereocenters. The number of fused-ring (bicyclic) bond motifs is 1. The second kappa shape index (κ2) is 15.1. The average Bonchev–Trinajstić information content (AvgIpc) is 3.41. The highest BCUT2D eigenvalue weighted by molar-refractivity contribution is 5.85. The first-order valence-electron chi connectivity index (χ1n) is 14.7. The van der Waals surface area contributed by atoms with Gasteiger partial charge in [0, 0.05) is 38.6 Å². The van der Waals surface area contributed by atoms with Crippen molar-refractivity contribution in [2.45, 2.75) is 57.5 Å². The van der Waals surface area contributed by atoms with Gasteiger partial charge in [-0.25, -0.2) is 4.79 Å². The monoisotopic (exact) mass is 668 g/mol. The zero-order valence-corrected chi connectivity index (χ0v) is 27.2. The van der Waals surface area contributed by atoms with Crippen molar-refractivity contribution < 1.29 is 32.5 Å². The number of piperidine rings is 1. The molecule has 0 spiro atoms. The third-order valence-electron chi connectivity index (χ3n) is 8.39. The van der Waals surface area contributed by atoms with Crippen LogP contribution >= 0.6 is 24.8 Å². The van der Waals surface area contributed by atoms with Crippen LogP contribution in [-0.2, 0) is 29.4 Å². The number of halogens is 5. The molecule has 2 N–H and O–H groups in total. The number of carbonyl (C=O) groups is 1. The smallest absolute Gasteiger partial charge is 0.416 e. The summed E-state index contributed by atoms with van der Waals surface area (Å²) in [5, 5.41) is 13.2. The number of nitrogens with one attached hydrogen (secondary N) is 1. The first-order chi connectivity index (χ1) is 20.4. The molecule has 45 heavy (non-hydrogen) atoms. The van der Waals surface area contributed by atoms with Gasteiger partial charge < -0.3 is 19.9 Å². The largest absolute Gasteiger partial charge is 0.492 e. The molecule has 5 rings (SSSR count). The number of rotatable bonds is 12. The summed E-state index contributed by atoms with van der Waals surface area (Å²) in [5.74, 6) is 1.38. The summed E-state index contributed by atoms with van der Waals surface area (Å²) in [4.78, 5) is 14.2. The molecule has 2 aliphatic rings. The lowest BCUT2D eigenvalue weighted by molar-refractivity contribution is -0.145. The molecule has 1 saturated heterocycles. The van der Waals surface area contributed by atoms with Gasteiger partial charge in [-0.05, 0) is 70.3 Å². The van der Waals surface area contributed by atoms with Crippen LogP contribution in [-0.4, -0.2) is 54.4 Å². The summed E-state index contributed by atoms with van der Waals surface area (Å²) >= 11 is 0. The molecule has 6 nitrogen and oxygen atoms in total. The van der Waals surface area contributed by atoms with Crippen molar-refractivity contribution in [2.75, 3.05) is 26.2 Å². The number of ether oxygens (including phenoxy) is 2. The fourth-order valence-corrected chi connectivity index (χ4v) is 5.75. The van der Waals surface area contributed by atoms with Crippen molar-refractivity contribution in [3.05, 3.63) is 95.1 Å². The Kier molecular flexibility index (Phi) is 12.2. The van der Waals surface area contributed by atoms with Gasteiger partial charge in [0.1, 0.15) is 18.1 Å². The molecular weight excluding hydrogens is 628 g/mol. The summed E-state index contributed by atoms with van der Waals surface area (Å²) in [6.45, 7) is 10.3. The molecule has 1 aliphatic carbocycles. The number of carboxylic acid groups (broad SMARTS) is 1. The van der Waals surface area contributed by atoms with Crippen molar-refractivity contribution in [1.29, 1.82) is 0 Å². The van der Waals surface area contributed by atoms with E-state index < -0.39 is 23.8 Å². The zero-order chi connectivity index (χ0) is 30.8. The van der Waals surface area contributed by atoms with Gasteiger partial charge in [0.2, 0.25) is 0 Å². The minimum atomic E-state index is -4.31. The lowest BCUT2D eigenvalue weighted by atomic mass is 9.87. The normalized spacial score (nSPS) is 19.9. The van der Waals surface area contributed by atoms with Gasteiger partial charge >= 0.3 is 12.1 Å². The summed E-state index contributed by atoms with van der Waals surface area (Å²) < 4.78 is 50.0. The van der Waals surface area contributed by atoms with E-state index in [2.05, 4.69) is 31.0 Å². The van der Waals surface area contributed by atoms with E-state index in [-0.39, 0.29) is 36.6 Å². The Hall–Kier alpha value is -2.98. The highest BCUT2D eigenvalue weighted by Gasteiger charge is 2.55. The minimum absolute atomic E-state index is 0. The highest BCUT2D eigenvalue weighted by atomic mass is 35.5. The predicted molar refractivity (Wildman–Crippen MR) is 173 cm³/mol. The number of carboxylic acids is 1. The molecule has 3 aromatic rings. The standard InChI is InChI=1S/C34H39F3N2O4.2ClH/c1-33(2,3)24-10-14-27(15-11-24)43-30(32(40)41)18-22-6-12-26(13-7-22)42-17-16-39-20-28-29(21-39)31(28)38-19-23-4-8-25(9-5-23)34(35,36)37;;/h4-15,28-31,38H,16-21H2,1-3H3,(H,40,41);2*1H/t28-,29?,30-,31+;;/m0../s1. The maximum absolute atomic E-state index is 12.7. The SMILES string of the molecule is CC(C)(C)c1ccc(O[C@@H](Cc2ccc(OCCN3CC4[C@H](C3)[C@H]4NCc3ccc(C(F)(F)F)cc3)cc2)C(=O)O)cc1.Cl.Cl. The van der Waals surface area contributed by atoms with Crippen molar-refractivity contribution in [2.24, 2.45) is 11.8 Å². The second-order valence-electron chi connectivity index (χ2n) is 12.6. The number of hydrogen-bond donors (Lipinski definition) is 2. The number of aliphatic carboxylic acids is 1. The van der Waals surface area contributed by atoms with Crippen LogP contribution < -0.4 is 14.8 Å². The van der Waals surface area contributed by atoms with Gasteiger partial charge in [0.15, 0.2) is 6.10 Å². The Bertz CT molecular complexity index is 1370. The topological polar surface area (TPSA) is 71.0 Å². The lowest BCUT2D eigenvalue weighted by Crippen LogP contribution is -2.33. The quantitative estimate of drug-likeness (QED) is 0.216. The van der Waals surface area contributed by atoms with E-state index in [0.717, 1.165) is 54.2 Å². The molecule has 1 heterocycles. The minimum Gasteiger partial charge on any atom is -0.492 e. The molecule has 246 valence electrons. The van der Waals surface area contributed by atoms with Gasteiger partial charge in [0.25, 0.3) is 0 Å². The van der Waals surface area contributed by atoms with E-state index in [1.54, 1.807) is 0 Å². The Morgan fingerprint density at radius 3 is 1.93 bits per heavy atom. The third kappa shape index (κ3) is 9.75. The van der Waals surface area contributed by atoms with E-state index in [0.29, 0.717) is 36.8 Å². The molecular formula is C34H41Cl2F3N2O4. The van der Waals surface area contributed by atoms with Crippen LogP contribution in [0.25, 0.3) is 0 Å². The van der Waals surface area contributed by atoms with Crippen molar-refractivity contribution in [3.63, 3.8) is 0 Å². The van der Waals surface area contributed by atoms with Crippen LogP contribution in [0.4, 0.5) is 13.2 Å². The Morgan fingerprint density at radius 2 is 1.40 bits per heavy atom. The first-order valence-corrected chi connectivity index (χ1v) is 14.7. The van der Waals surface area contributed by atoms with Gasteiger partial charge in [-0.15, -0.1) is 24.8 Å². The van der Waals surface area contributed by atoms with E-state index in [1.165, 1.54) is 12.1 Å². The molecule has 1 saturated carbocycles. The van der Waals surface area contributed by atoms with Gasteiger partial charge in [-0.1, -0.05) is 57.2 Å². The van der Waals surface area contributed by atoms with Crippen molar-refractivity contribution >= 4 is 30.8 Å². The van der Waals surface area contributed by atoms with E-state index in [4.69, 9.17) is 9.47 Å². The lowest BCUT2D eigenvalue weighted by Gasteiger charge is -2.20. The Labute approximate surface area is 275 Å². The highest BCUT2D eigenvalue weighted by Crippen LogP contribution is 2.45. The maximum atomic E-state index is 12.7. The fourth-order valence-electron chi connectivity index (χ4n) is 5.75. The van der Waals surface area contributed by atoms with Crippen molar-refractivity contribution in [3.8, 4) is 11.5 Å². The van der Waals surface area contributed by atoms with Crippen LogP contribution in [0.2, 0.25) is 0 Å². The van der Waals surface area contributed by atoms with E-state index in [9.17, 15) is 23.1 Å². The molecule has 0 bridgehead atoms. The predicted octanol–water partition coefficient (Wildman–Crippen LogP) is 7.02. The Morgan fingerprint density at radius 1 is 0.867 bits per heavy atom. The molecule has 3 aromatic carbocycles. The number of benzene rings is 3. The first kappa shape index (κ1) is 36.5. The molecule has 1 aliphatic heterocycles. The second-order valence-corrected chi connectivity index (χ2v) is 12.6.